The van der Waals surface area contributed by atoms with Gasteiger partial charge in [-0.25, -0.2) is 18.2 Å². The Morgan fingerprint density at radius 2 is 2.04 bits per heavy atom. The third-order valence-corrected chi connectivity index (χ3v) is 7.66. The van der Waals surface area contributed by atoms with E-state index in [1.165, 1.54) is 24.8 Å². The molecule has 0 radical (unpaired) electrons. The number of rotatable bonds is 5. The van der Waals surface area contributed by atoms with Crippen LogP contribution in [0.3, 0.4) is 0 Å². The number of carboxylic acids is 1. The number of aliphatic carboxylic acids is 1. The third-order valence-electron chi connectivity index (χ3n) is 4.94. The number of carboxylic acid groups (broad SMARTS) is 1. The zero-order valence-corrected chi connectivity index (χ0v) is 16.4. The van der Waals surface area contributed by atoms with Gasteiger partial charge in [0.1, 0.15) is 6.54 Å². The largest absolute Gasteiger partial charge is 0.480 e. The molecule has 0 unspecified atom stereocenters. The molecule has 1 aliphatic heterocycles. The van der Waals surface area contributed by atoms with Crippen molar-refractivity contribution in [2.45, 2.75) is 30.3 Å². The average Bonchev–Trinajstić information content (AvgIpc) is 3.30. The predicted molar refractivity (Wildman–Crippen MR) is 103 cm³/mol. The van der Waals surface area contributed by atoms with Crippen LogP contribution in [0.2, 0.25) is 0 Å². The topological polar surface area (TPSA) is 114 Å². The standard InChI is InChI=1S/C17H18N4O5S2/c22-15(23)10-20-14-2-1-6-18-16(14)21(17(20)24)12-3-7-19(8-4-12)28(25,26)13-5-9-27-11-13/h1-2,5-6,9,11-12H,3-4,7-8,10H2,(H,22,23). The zero-order valence-electron chi connectivity index (χ0n) is 14.8. The number of fused-ring (bicyclic) bond motifs is 1. The highest BCUT2D eigenvalue weighted by Gasteiger charge is 2.32. The lowest BCUT2D eigenvalue weighted by molar-refractivity contribution is -0.137. The molecule has 0 bridgehead atoms. The Kier molecular flexibility index (Phi) is 4.81. The first kappa shape index (κ1) is 18.8. The van der Waals surface area contributed by atoms with E-state index < -0.39 is 28.2 Å². The maximum absolute atomic E-state index is 12.9. The van der Waals surface area contributed by atoms with Gasteiger partial charge in [0.05, 0.1) is 10.4 Å². The number of aromatic nitrogens is 3. The molecule has 1 N–H and O–H groups in total. The number of hydrogen-bond donors (Lipinski definition) is 1. The zero-order chi connectivity index (χ0) is 19.9. The lowest BCUT2D eigenvalue weighted by Gasteiger charge is -2.31. The fourth-order valence-electron chi connectivity index (χ4n) is 3.61. The fourth-order valence-corrected chi connectivity index (χ4v) is 6.10. The van der Waals surface area contributed by atoms with Gasteiger partial charge < -0.3 is 5.11 Å². The fraction of sp³-hybridized carbons (Fsp3) is 0.353. The van der Waals surface area contributed by atoms with Crippen molar-refractivity contribution < 1.29 is 18.3 Å². The van der Waals surface area contributed by atoms with E-state index in [1.807, 2.05) is 0 Å². The van der Waals surface area contributed by atoms with Gasteiger partial charge in [0, 0.05) is 30.7 Å². The summed E-state index contributed by atoms with van der Waals surface area (Å²) >= 11 is 1.33. The third kappa shape index (κ3) is 3.15. The second kappa shape index (κ2) is 7.15. The molecule has 0 spiro atoms. The van der Waals surface area contributed by atoms with Gasteiger partial charge in [0.2, 0.25) is 10.0 Å². The van der Waals surface area contributed by atoms with Gasteiger partial charge >= 0.3 is 11.7 Å². The Morgan fingerprint density at radius 3 is 2.68 bits per heavy atom. The molecule has 0 aromatic carbocycles. The van der Waals surface area contributed by atoms with Crippen LogP contribution in [0.4, 0.5) is 0 Å². The first-order valence-corrected chi connectivity index (χ1v) is 11.1. The van der Waals surface area contributed by atoms with Gasteiger partial charge in [-0.1, -0.05) is 0 Å². The molecule has 3 aromatic rings. The van der Waals surface area contributed by atoms with Crippen LogP contribution in [0, 0.1) is 0 Å². The highest BCUT2D eigenvalue weighted by molar-refractivity contribution is 7.89. The summed E-state index contributed by atoms with van der Waals surface area (Å²) in [6.45, 7) is 0.126. The summed E-state index contributed by atoms with van der Waals surface area (Å²) < 4.78 is 29.5. The van der Waals surface area contributed by atoms with E-state index in [9.17, 15) is 18.0 Å². The van der Waals surface area contributed by atoms with Gasteiger partial charge in [-0.2, -0.15) is 15.6 Å². The minimum Gasteiger partial charge on any atom is -0.480 e. The molecule has 28 heavy (non-hydrogen) atoms. The molecular weight excluding hydrogens is 404 g/mol. The number of thiophene rings is 1. The van der Waals surface area contributed by atoms with Crippen molar-refractivity contribution in [1.29, 1.82) is 0 Å². The first-order valence-electron chi connectivity index (χ1n) is 8.69. The highest BCUT2D eigenvalue weighted by Crippen LogP contribution is 2.28. The Morgan fingerprint density at radius 1 is 1.29 bits per heavy atom. The van der Waals surface area contributed by atoms with Crippen LogP contribution < -0.4 is 5.69 Å². The molecule has 0 aliphatic carbocycles. The smallest absolute Gasteiger partial charge is 0.331 e. The van der Waals surface area contributed by atoms with E-state index in [1.54, 1.807) is 35.2 Å². The molecule has 1 aliphatic rings. The van der Waals surface area contributed by atoms with Gasteiger partial charge in [0.15, 0.2) is 5.65 Å². The Bertz CT molecular complexity index is 1170. The van der Waals surface area contributed by atoms with E-state index in [-0.39, 0.29) is 24.0 Å². The summed E-state index contributed by atoms with van der Waals surface area (Å²) in [7, 11) is -3.53. The molecule has 9 nitrogen and oxygen atoms in total. The number of piperidine rings is 1. The lowest BCUT2D eigenvalue weighted by atomic mass is 10.1. The van der Waals surface area contributed by atoms with Crippen LogP contribution in [0.5, 0.6) is 0 Å². The van der Waals surface area contributed by atoms with Crippen LogP contribution in [-0.4, -0.2) is 51.0 Å². The highest BCUT2D eigenvalue weighted by atomic mass is 32.2. The first-order chi connectivity index (χ1) is 13.4. The summed E-state index contributed by atoms with van der Waals surface area (Å²) in [6.07, 6.45) is 2.46. The molecule has 4 heterocycles. The molecule has 11 heteroatoms. The van der Waals surface area contributed by atoms with Gasteiger partial charge in [-0.05, 0) is 36.4 Å². The van der Waals surface area contributed by atoms with Crippen LogP contribution in [0.25, 0.3) is 11.2 Å². The number of pyridine rings is 1. The van der Waals surface area contributed by atoms with Crippen molar-refractivity contribution in [3.05, 3.63) is 45.6 Å². The van der Waals surface area contributed by atoms with E-state index in [4.69, 9.17) is 5.11 Å². The van der Waals surface area contributed by atoms with E-state index >= 15 is 0 Å². The summed E-state index contributed by atoms with van der Waals surface area (Å²) in [5.74, 6) is -1.11. The summed E-state index contributed by atoms with van der Waals surface area (Å²) in [6, 6.07) is 4.66. The van der Waals surface area contributed by atoms with Crippen LogP contribution in [0.15, 0.2) is 44.8 Å². The number of hydrogen-bond acceptors (Lipinski definition) is 6. The molecular formula is C17H18N4O5S2. The predicted octanol–water partition coefficient (Wildman–Crippen LogP) is 1.37. The molecule has 3 aromatic heterocycles. The van der Waals surface area contributed by atoms with Crippen molar-refractivity contribution >= 4 is 38.5 Å². The molecule has 0 saturated carbocycles. The Hall–Kier alpha value is -2.50. The van der Waals surface area contributed by atoms with Gasteiger partial charge in [-0.3, -0.25) is 13.9 Å². The van der Waals surface area contributed by atoms with E-state index in [0.29, 0.717) is 24.0 Å². The summed E-state index contributed by atoms with van der Waals surface area (Å²) in [5, 5.41) is 12.5. The van der Waals surface area contributed by atoms with Crippen LogP contribution in [0.1, 0.15) is 18.9 Å². The van der Waals surface area contributed by atoms with Crippen molar-refractivity contribution in [3.8, 4) is 0 Å². The number of nitrogens with zero attached hydrogens (tertiary/aromatic N) is 4. The Balaban J connectivity index is 1.64. The average molecular weight is 422 g/mol. The quantitative estimate of drug-likeness (QED) is 0.664. The van der Waals surface area contributed by atoms with Gasteiger partial charge in [0.25, 0.3) is 0 Å². The maximum Gasteiger partial charge on any atom is 0.331 e. The molecule has 1 fully saturated rings. The van der Waals surface area contributed by atoms with Crippen molar-refractivity contribution in [3.63, 3.8) is 0 Å². The SMILES string of the molecule is O=C(O)Cn1c(=O)n(C2CCN(S(=O)(=O)c3ccsc3)CC2)c2ncccc21. The second-order valence-electron chi connectivity index (χ2n) is 6.57. The monoisotopic (exact) mass is 422 g/mol. The Labute approximate surface area is 164 Å². The normalized spacial score (nSPS) is 16.6. The molecule has 0 amide bonds. The van der Waals surface area contributed by atoms with Crippen molar-refractivity contribution in [1.82, 2.24) is 18.4 Å². The summed E-state index contributed by atoms with van der Waals surface area (Å²) in [4.78, 5) is 28.6. The molecule has 1 saturated heterocycles. The van der Waals surface area contributed by atoms with E-state index in [0.717, 1.165) is 0 Å². The van der Waals surface area contributed by atoms with Gasteiger partial charge in [-0.15, -0.1) is 0 Å². The molecule has 4 rings (SSSR count). The lowest BCUT2D eigenvalue weighted by Crippen LogP contribution is -2.41. The number of carbonyl (C=O) groups is 1. The van der Waals surface area contributed by atoms with Crippen molar-refractivity contribution in [2.24, 2.45) is 0 Å². The number of sulfonamides is 1. The molecule has 0 atom stereocenters. The molecule has 148 valence electrons. The summed E-state index contributed by atoms with van der Waals surface area (Å²) in [5.41, 5.74) is 0.450. The minimum atomic E-state index is -3.53. The second-order valence-corrected chi connectivity index (χ2v) is 9.29. The minimum absolute atomic E-state index is 0.242. The van der Waals surface area contributed by atoms with Crippen LogP contribution in [-0.2, 0) is 21.4 Å². The number of imidazole rings is 1. The van der Waals surface area contributed by atoms with E-state index in [2.05, 4.69) is 4.98 Å². The van der Waals surface area contributed by atoms with Crippen LogP contribution >= 0.6 is 11.3 Å². The van der Waals surface area contributed by atoms with Crippen molar-refractivity contribution in [2.75, 3.05) is 13.1 Å². The maximum atomic E-state index is 12.9.